The van der Waals surface area contributed by atoms with Crippen LogP contribution in [0.5, 0.6) is 0 Å². The topological polar surface area (TPSA) is 26.3 Å². The molecule has 1 aliphatic rings. The van der Waals surface area contributed by atoms with Crippen LogP contribution in [0.1, 0.15) is 46.5 Å². The Balaban J connectivity index is 2.63. The van der Waals surface area contributed by atoms with Gasteiger partial charge in [-0.1, -0.05) is 6.92 Å². The first kappa shape index (κ1) is 10.7. The number of rotatable bonds is 3. The van der Waals surface area contributed by atoms with E-state index < -0.39 is 5.60 Å². The molecule has 0 N–H and O–H groups in total. The Hall–Kier alpha value is -0.370. The van der Waals surface area contributed by atoms with Crippen molar-refractivity contribution in [3.8, 4) is 0 Å². The van der Waals surface area contributed by atoms with Crippen molar-refractivity contribution in [2.24, 2.45) is 5.92 Å². The van der Waals surface area contributed by atoms with Gasteiger partial charge in [0.05, 0.1) is 0 Å². The Morgan fingerprint density at radius 1 is 1.46 bits per heavy atom. The van der Waals surface area contributed by atoms with E-state index in [1.54, 1.807) is 6.92 Å². The van der Waals surface area contributed by atoms with Crippen LogP contribution in [0.2, 0.25) is 0 Å². The Labute approximate surface area is 80.7 Å². The summed E-state index contributed by atoms with van der Waals surface area (Å²) >= 11 is 0. The van der Waals surface area contributed by atoms with E-state index in [4.69, 9.17) is 4.74 Å². The minimum Gasteiger partial charge on any atom is -0.368 e. The van der Waals surface area contributed by atoms with E-state index in [0.29, 0.717) is 6.61 Å². The van der Waals surface area contributed by atoms with Crippen LogP contribution in [0.25, 0.3) is 0 Å². The third-order valence-corrected chi connectivity index (χ3v) is 3.14. The van der Waals surface area contributed by atoms with Gasteiger partial charge in [-0.05, 0) is 45.4 Å². The Morgan fingerprint density at radius 3 is 2.38 bits per heavy atom. The lowest BCUT2D eigenvalue weighted by atomic mass is 9.77. The molecule has 1 fully saturated rings. The summed E-state index contributed by atoms with van der Waals surface area (Å²) in [6.45, 7) is 6.51. The lowest BCUT2D eigenvalue weighted by Gasteiger charge is -2.36. The number of ether oxygens (including phenoxy) is 1. The second-order valence-corrected chi connectivity index (χ2v) is 4.17. The molecular formula is C11H20O2. The molecule has 0 amide bonds. The molecule has 13 heavy (non-hydrogen) atoms. The smallest absolute Gasteiger partial charge is 0.161 e. The summed E-state index contributed by atoms with van der Waals surface area (Å²) in [7, 11) is 0. The maximum absolute atomic E-state index is 11.5. The van der Waals surface area contributed by atoms with Gasteiger partial charge in [-0.2, -0.15) is 0 Å². The summed E-state index contributed by atoms with van der Waals surface area (Å²) in [5.41, 5.74) is -0.429. The van der Waals surface area contributed by atoms with Gasteiger partial charge >= 0.3 is 0 Å². The number of ketones is 1. The average molecular weight is 184 g/mol. The third-order valence-electron chi connectivity index (χ3n) is 3.14. The highest BCUT2D eigenvalue weighted by Gasteiger charge is 2.38. The van der Waals surface area contributed by atoms with Gasteiger partial charge in [0.2, 0.25) is 0 Å². The first-order valence-corrected chi connectivity index (χ1v) is 5.25. The quantitative estimate of drug-likeness (QED) is 0.673. The first-order valence-electron chi connectivity index (χ1n) is 5.25. The molecule has 0 spiro atoms. The molecule has 0 unspecified atom stereocenters. The van der Waals surface area contributed by atoms with Crippen LogP contribution in [-0.2, 0) is 9.53 Å². The maximum Gasteiger partial charge on any atom is 0.161 e. The van der Waals surface area contributed by atoms with Crippen molar-refractivity contribution < 1.29 is 9.53 Å². The highest BCUT2D eigenvalue weighted by Crippen LogP contribution is 2.35. The highest BCUT2D eigenvalue weighted by atomic mass is 16.5. The number of carbonyl (C=O) groups excluding carboxylic acids is 1. The summed E-state index contributed by atoms with van der Waals surface area (Å²) in [6, 6.07) is 0. The van der Waals surface area contributed by atoms with Crippen molar-refractivity contribution >= 4 is 5.78 Å². The van der Waals surface area contributed by atoms with Gasteiger partial charge < -0.3 is 4.74 Å². The van der Waals surface area contributed by atoms with Crippen molar-refractivity contribution in [1.82, 2.24) is 0 Å². The SMILES string of the molecule is CCOC1(C(C)=O)CCC(C)CC1. The van der Waals surface area contributed by atoms with Gasteiger partial charge in [-0.25, -0.2) is 0 Å². The minimum atomic E-state index is -0.429. The zero-order chi connectivity index (χ0) is 9.90. The van der Waals surface area contributed by atoms with Crippen molar-refractivity contribution in [3.63, 3.8) is 0 Å². The molecule has 0 aromatic rings. The second-order valence-electron chi connectivity index (χ2n) is 4.17. The fraction of sp³-hybridized carbons (Fsp3) is 0.909. The lowest BCUT2D eigenvalue weighted by Crippen LogP contribution is -2.43. The van der Waals surface area contributed by atoms with Crippen LogP contribution in [0, 0.1) is 5.92 Å². The van der Waals surface area contributed by atoms with E-state index in [1.165, 1.54) is 0 Å². The Kier molecular flexibility index (Phi) is 3.48. The Morgan fingerprint density at radius 2 is 2.00 bits per heavy atom. The summed E-state index contributed by atoms with van der Waals surface area (Å²) < 4.78 is 5.63. The lowest BCUT2D eigenvalue weighted by molar-refractivity contribution is -0.147. The highest BCUT2D eigenvalue weighted by molar-refractivity contribution is 5.85. The molecular weight excluding hydrogens is 164 g/mol. The van der Waals surface area contributed by atoms with Gasteiger partial charge in [-0.15, -0.1) is 0 Å². The monoisotopic (exact) mass is 184 g/mol. The molecule has 0 aromatic heterocycles. The van der Waals surface area contributed by atoms with Crippen LogP contribution in [0.3, 0.4) is 0 Å². The van der Waals surface area contributed by atoms with Crippen LogP contribution in [0.4, 0.5) is 0 Å². The third kappa shape index (κ3) is 2.31. The van der Waals surface area contributed by atoms with E-state index in [1.807, 2.05) is 6.92 Å². The zero-order valence-corrected chi connectivity index (χ0v) is 8.93. The van der Waals surface area contributed by atoms with Gasteiger partial charge in [0.15, 0.2) is 5.78 Å². The second kappa shape index (κ2) is 4.23. The number of carbonyl (C=O) groups is 1. The van der Waals surface area contributed by atoms with Crippen molar-refractivity contribution in [2.45, 2.75) is 52.1 Å². The molecule has 1 rings (SSSR count). The summed E-state index contributed by atoms with van der Waals surface area (Å²) in [6.07, 6.45) is 4.08. The minimum absolute atomic E-state index is 0.209. The fourth-order valence-electron chi connectivity index (χ4n) is 2.10. The van der Waals surface area contributed by atoms with Gasteiger partial charge in [0.1, 0.15) is 5.60 Å². The largest absolute Gasteiger partial charge is 0.368 e. The standard InChI is InChI=1S/C11H20O2/c1-4-13-11(10(3)12)7-5-9(2)6-8-11/h9H,4-8H2,1-3H3. The van der Waals surface area contributed by atoms with Crippen molar-refractivity contribution in [3.05, 3.63) is 0 Å². The molecule has 0 saturated heterocycles. The van der Waals surface area contributed by atoms with E-state index in [0.717, 1.165) is 31.6 Å². The summed E-state index contributed by atoms with van der Waals surface area (Å²) in [5, 5.41) is 0. The fourth-order valence-corrected chi connectivity index (χ4v) is 2.10. The van der Waals surface area contributed by atoms with Gasteiger partial charge in [0, 0.05) is 6.61 Å². The van der Waals surface area contributed by atoms with Crippen molar-refractivity contribution in [2.75, 3.05) is 6.61 Å². The molecule has 1 aliphatic carbocycles. The predicted molar refractivity (Wildman–Crippen MR) is 52.7 cm³/mol. The van der Waals surface area contributed by atoms with Crippen molar-refractivity contribution in [1.29, 1.82) is 0 Å². The predicted octanol–water partition coefficient (Wildman–Crippen LogP) is 2.56. The normalized spacial score (nSPS) is 34.5. The zero-order valence-electron chi connectivity index (χ0n) is 8.93. The molecule has 0 radical (unpaired) electrons. The van der Waals surface area contributed by atoms with E-state index in [-0.39, 0.29) is 5.78 Å². The molecule has 0 heterocycles. The van der Waals surface area contributed by atoms with E-state index in [2.05, 4.69) is 6.92 Å². The molecule has 0 atom stereocenters. The van der Waals surface area contributed by atoms with E-state index >= 15 is 0 Å². The maximum atomic E-state index is 11.5. The molecule has 0 bridgehead atoms. The average Bonchev–Trinajstić information content (AvgIpc) is 2.09. The Bertz CT molecular complexity index is 179. The molecule has 2 heteroatoms. The molecule has 0 aliphatic heterocycles. The molecule has 1 saturated carbocycles. The molecule has 0 aromatic carbocycles. The summed E-state index contributed by atoms with van der Waals surface area (Å²) in [5.74, 6) is 0.967. The molecule has 2 nitrogen and oxygen atoms in total. The van der Waals surface area contributed by atoms with Crippen LogP contribution in [0.15, 0.2) is 0 Å². The van der Waals surface area contributed by atoms with E-state index in [9.17, 15) is 4.79 Å². The van der Waals surface area contributed by atoms with Gasteiger partial charge in [0.25, 0.3) is 0 Å². The number of Topliss-reactive ketones (excluding diaryl/α,β-unsaturated/α-hetero) is 1. The van der Waals surface area contributed by atoms with Crippen LogP contribution in [-0.4, -0.2) is 18.0 Å². The van der Waals surface area contributed by atoms with Crippen LogP contribution < -0.4 is 0 Å². The number of hydrogen-bond acceptors (Lipinski definition) is 2. The van der Waals surface area contributed by atoms with Crippen LogP contribution >= 0.6 is 0 Å². The summed E-state index contributed by atoms with van der Waals surface area (Å²) in [4.78, 5) is 11.5. The number of hydrogen-bond donors (Lipinski definition) is 0. The van der Waals surface area contributed by atoms with Gasteiger partial charge in [-0.3, -0.25) is 4.79 Å². The molecule has 76 valence electrons. The first-order chi connectivity index (χ1) is 6.10.